The molecule has 0 aromatic rings. The molecule has 0 amide bonds. The number of hydrogen-bond acceptors (Lipinski definition) is 0. The average Bonchev–Trinajstić information content (AvgIpc) is 2.57. The predicted octanol–water partition coefficient (Wildman–Crippen LogP) is 8.70. The molecule has 0 N–H and O–H groups in total. The summed E-state index contributed by atoms with van der Waals surface area (Å²) in [5.41, 5.74) is 0. The molecule has 0 fully saturated rings. The van der Waals surface area contributed by atoms with Crippen molar-refractivity contribution in [3.63, 3.8) is 0 Å². The van der Waals surface area contributed by atoms with Crippen LogP contribution in [0, 0.1) is 19.8 Å². The summed E-state index contributed by atoms with van der Waals surface area (Å²) in [5.74, 6) is 0.837. The number of unbranched alkanes of at least 4 members (excludes halogenated alkanes) is 16. The van der Waals surface area contributed by atoms with Crippen LogP contribution in [-0.4, -0.2) is 0 Å². The van der Waals surface area contributed by atoms with Gasteiger partial charge >= 0.3 is 0 Å². The van der Waals surface area contributed by atoms with E-state index < -0.39 is 0 Å². The molecule has 23 heavy (non-hydrogen) atoms. The van der Waals surface area contributed by atoms with E-state index in [2.05, 4.69) is 20.8 Å². The minimum Gasteiger partial charge on any atom is -0.0625 e. The SMILES string of the molecule is [CH2]CCCCCCCCCCCCCCCCCCC(C)C[CH2]. The normalized spacial score (nSPS) is 12.7. The van der Waals surface area contributed by atoms with Gasteiger partial charge in [0.15, 0.2) is 0 Å². The summed E-state index contributed by atoms with van der Waals surface area (Å²) in [6.45, 7) is 10.2. The van der Waals surface area contributed by atoms with E-state index in [1.54, 1.807) is 0 Å². The van der Waals surface area contributed by atoms with Crippen LogP contribution < -0.4 is 0 Å². The van der Waals surface area contributed by atoms with Gasteiger partial charge in [0.05, 0.1) is 0 Å². The molecule has 0 heterocycles. The fraction of sp³-hybridized carbons (Fsp3) is 0.913. The second-order valence-corrected chi connectivity index (χ2v) is 7.69. The van der Waals surface area contributed by atoms with Gasteiger partial charge < -0.3 is 0 Å². The molecule has 0 aliphatic rings. The van der Waals surface area contributed by atoms with Crippen LogP contribution in [0.15, 0.2) is 0 Å². The summed E-state index contributed by atoms with van der Waals surface area (Å²) < 4.78 is 0. The molecule has 0 heteroatoms. The van der Waals surface area contributed by atoms with Crippen molar-refractivity contribution in [1.82, 2.24) is 0 Å². The first kappa shape index (κ1) is 23.0. The molecule has 138 valence electrons. The molecule has 0 aliphatic carbocycles. The maximum atomic E-state index is 3.98. The summed E-state index contributed by atoms with van der Waals surface area (Å²) >= 11 is 0. The lowest BCUT2D eigenvalue weighted by molar-refractivity contribution is 0.481. The van der Waals surface area contributed by atoms with E-state index in [-0.39, 0.29) is 0 Å². The van der Waals surface area contributed by atoms with Gasteiger partial charge in [0.2, 0.25) is 0 Å². The van der Waals surface area contributed by atoms with Gasteiger partial charge in [-0.3, -0.25) is 0 Å². The highest BCUT2D eigenvalue weighted by atomic mass is 14.0. The molecular weight excluding hydrogens is 276 g/mol. The van der Waals surface area contributed by atoms with Crippen molar-refractivity contribution in [1.29, 1.82) is 0 Å². The second kappa shape index (κ2) is 20.0. The van der Waals surface area contributed by atoms with Crippen molar-refractivity contribution in [2.45, 2.75) is 129 Å². The lowest BCUT2D eigenvalue weighted by Crippen LogP contribution is -1.91. The van der Waals surface area contributed by atoms with E-state index >= 15 is 0 Å². The smallest absolute Gasteiger partial charge is 0.0443 e. The van der Waals surface area contributed by atoms with Gasteiger partial charge in [-0.15, -0.1) is 0 Å². The molecule has 0 aromatic heterocycles. The van der Waals surface area contributed by atoms with Gasteiger partial charge in [0.1, 0.15) is 0 Å². The third-order valence-electron chi connectivity index (χ3n) is 5.19. The van der Waals surface area contributed by atoms with E-state index in [4.69, 9.17) is 0 Å². The van der Waals surface area contributed by atoms with Gasteiger partial charge in [-0.2, -0.15) is 0 Å². The molecule has 0 rings (SSSR count). The standard InChI is InChI=1S/C23H46/c1-4-6-7-8-9-10-11-12-13-14-15-16-17-18-19-20-21-22-23(3)5-2/h23H,1-2,4-22H2,3H3. The fourth-order valence-electron chi connectivity index (χ4n) is 3.29. The Kier molecular flexibility index (Phi) is 20.0. The molecule has 0 bridgehead atoms. The summed E-state index contributed by atoms with van der Waals surface area (Å²) in [4.78, 5) is 0. The van der Waals surface area contributed by atoms with Crippen LogP contribution in [0.25, 0.3) is 0 Å². The summed E-state index contributed by atoms with van der Waals surface area (Å²) in [7, 11) is 0. The molecule has 1 atom stereocenters. The van der Waals surface area contributed by atoms with Crippen LogP contribution in [0.3, 0.4) is 0 Å². The van der Waals surface area contributed by atoms with E-state index in [0.717, 1.165) is 18.8 Å². The monoisotopic (exact) mass is 322 g/mol. The first-order valence-electron chi connectivity index (χ1n) is 10.9. The van der Waals surface area contributed by atoms with Crippen LogP contribution in [0.5, 0.6) is 0 Å². The van der Waals surface area contributed by atoms with Crippen molar-refractivity contribution < 1.29 is 0 Å². The zero-order chi connectivity index (χ0) is 17.0. The molecular formula is C23H46. The van der Waals surface area contributed by atoms with Gasteiger partial charge in [0.25, 0.3) is 0 Å². The molecule has 0 saturated heterocycles. The van der Waals surface area contributed by atoms with Gasteiger partial charge in [-0.1, -0.05) is 143 Å². The Morgan fingerprint density at radius 2 is 0.783 bits per heavy atom. The zero-order valence-corrected chi connectivity index (χ0v) is 16.4. The molecule has 0 spiro atoms. The number of rotatable bonds is 19. The zero-order valence-electron chi connectivity index (χ0n) is 16.4. The summed E-state index contributed by atoms with van der Waals surface area (Å²) in [5, 5.41) is 0. The van der Waals surface area contributed by atoms with Crippen LogP contribution in [-0.2, 0) is 0 Å². The second-order valence-electron chi connectivity index (χ2n) is 7.69. The molecule has 0 saturated carbocycles. The topological polar surface area (TPSA) is 0 Å². The summed E-state index contributed by atoms with van der Waals surface area (Å²) in [6, 6.07) is 0. The van der Waals surface area contributed by atoms with E-state index in [1.807, 2.05) is 0 Å². The van der Waals surface area contributed by atoms with Crippen molar-refractivity contribution in [3.05, 3.63) is 13.8 Å². The lowest BCUT2D eigenvalue weighted by atomic mass is 9.99. The van der Waals surface area contributed by atoms with Gasteiger partial charge in [0, 0.05) is 0 Å². The third-order valence-corrected chi connectivity index (χ3v) is 5.19. The Balaban J connectivity index is 2.97. The van der Waals surface area contributed by atoms with E-state index in [9.17, 15) is 0 Å². The fourth-order valence-corrected chi connectivity index (χ4v) is 3.29. The van der Waals surface area contributed by atoms with E-state index in [1.165, 1.54) is 109 Å². The highest BCUT2D eigenvalue weighted by Crippen LogP contribution is 2.16. The van der Waals surface area contributed by atoms with Crippen molar-refractivity contribution in [2.24, 2.45) is 5.92 Å². The molecule has 2 radical (unpaired) electrons. The minimum absolute atomic E-state index is 0.837. The highest BCUT2D eigenvalue weighted by Gasteiger charge is 1.98. The van der Waals surface area contributed by atoms with Crippen LogP contribution in [0.4, 0.5) is 0 Å². The molecule has 1 unspecified atom stereocenters. The van der Waals surface area contributed by atoms with E-state index in [0.29, 0.717) is 0 Å². The maximum absolute atomic E-state index is 3.98. The Bertz CT molecular complexity index is 196. The first-order chi connectivity index (χ1) is 11.3. The Morgan fingerprint density at radius 3 is 1.09 bits per heavy atom. The molecule has 0 aromatic carbocycles. The van der Waals surface area contributed by atoms with Gasteiger partial charge in [-0.25, -0.2) is 0 Å². The van der Waals surface area contributed by atoms with Crippen molar-refractivity contribution >= 4 is 0 Å². The Hall–Kier alpha value is 0. The van der Waals surface area contributed by atoms with Crippen LogP contribution in [0.1, 0.15) is 129 Å². The minimum atomic E-state index is 0.837. The lowest BCUT2D eigenvalue weighted by Gasteiger charge is -2.07. The van der Waals surface area contributed by atoms with Crippen molar-refractivity contribution in [2.75, 3.05) is 0 Å². The largest absolute Gasteiger partial charge is 0.0625 e. The number of hydrogen-bond donors (Lipinski definition) is 0. The summed E-state index contributed by atoms with van der Waals surface area (Å²) in [6.07, 6.45) is 26.8. The van der Waals surface area contributed by atoms with Crippen LogP contribution >= 0.6 is 0 Å². The Labute approximate surface area is 149 Å². The van der Waals surface area contributed by atoms with Crippen molar-refractivity contribution in [3.8, 4) is 0 Å². The maximum Gasteiger partial charge on any atom is -0.0443 e. The predicted molar refractivity (Wildman–Crippen MR) is 108 cm³/mol. The van der Waals surface area contributed by atoms with Crippen LogP contribution in [0.2, 0.25) is 0 Å². The first-order valence-corrected chi connectivity index (χ1v) is 10.9. The molecule has 0 aliphatic heterocycles. The third kappa shape index (κ3) is 20.0. The average molecular weight is 323 g/mol. The Morgan fingerprint density at radius 1 is 0.478 bits per heavy atom. The highest BCUT2D eigenvalue weighted by molar-refractivity contribution is 4.55. The molecule has 0 nitrogen and oxygen atoms in total. The quantitative estimate of drug-likeness (QED) is 0.209. The van der Waals surface area contributed by atoms with Gasteiger partial charge in [-0.05, 0) is 5.92 Å².